The lowest BCUT2D eigenvalue weighted by molar-refractivity contribution is -0.0519. The molecule has 0 aromatic heterocycles. The van der Waals surface area contributed by atoms with Gasteiger partial charge in [-0.05, 0) is 37.6 Å². The molecule has 1 aromatic rings. The van der Waals surface area contributed by atoms with E-state index in [0.29, 0.717) is 19.4 Å². The number of hydrogen-bond acceptors (Lipinski definition) is 2. The molecule has 1 aliphatic carbocycles. The molecule has 0 bridgehead atoms. The van der Waals surface area contributed by atoms with Gasteiger partial charge in [0, 0.05) is 25.4 Å². The summed E-state index contributed by atoms with van der Waals surface area (Å²) < 4.78 is 26.3. The van der Waals surface area contributed by atoms with Crippen molar-refractivity contribution in [1.82, 2.24) is 4.90 Å². The first kappa shape index (κ1) is 14.9. The Morgan fingerprint density at radius 2 is 2.05 bits per heavy atom. The second-order valence-electron chi connectivity index (χ2n) is 5.51. The van der Waals surface area contributed by atoms with Gasteiger partial charge in [0.1, 0.15) is 0 Å². The molecule has 0 unspecified atom stereocenters. The van der Waals surface area contributed by atoms with Gasteiger partial charge in [-0.25, -0.2) is 13.6 Å². The fraction of sp³-hybridized carbons (Fsp3) is 0.533. The number of nitrogens with zero attached hydrogens (tertiary/aromatic N) is 1. The highest BCUT2D eigenvalue weighted by Gasteiger charge is 2.36. The van der Waals surface area contributed by atoms with Crippen molar-refractivity contribution in [3.05, 3.63) is 35.4 Å². The van der Waals surface area contributed by atoms with Crippen LogP contribution in [-0.2, 0) is 6.54 Å². The number of hydrogen-bond donors (Lipinski definition) is 1. The summed E-state index contributed by atoms with van der Waals surface area (Å²) in [4.78, 5) is 13.0. The Morgan fingerprint density at radius 3 is 2.65 bits per heavy atom. The van der Waals surface area contributed by atoms with Crippen LogP contribution in [-0.4, -0.2) is 35.0 Å². The highest BCUT2D eigenvalue weighted by Crippen LogP contribution is 2.35. The molecular weight excluding hydrogens is 264 g/mol. The topological polar surface area (TPSA) is 40.5 Å². The van der Waals surface area contributed by atoms with Gasteiger partial charge in [0.05, 0.1) is 5.56 Å². The fourth-order valence-corrected chi connectivity index (χ4v) is 2.69. The van der Waals surface area contributed by atoms with Gasteiger partial charge in [0.2, 0.25) is 5.92 Å². The quantitative estimate of drug-likeness (QED) is 0.920. The molecule has 0 amide bonds. The van der Waals surface area contributed by atoms with E-state index in [-0.39, 0.29) is 24.4 Å². The largest absolute Gasteiger partial charge is 0.478 e. The lowest BCUT2D eigenvalue weighted by atomic mass is 9.91. The predicted molar refractivity (Wildman–Crippen MR) is 72.1 cm³/mol. The van der Waals surface area contributed by atoms with E-state index in [2.05, 4.69) is 0 Å². The van der Waals surface area contributed by atoms with E-state index >= 15 is 0 Å². The molecule has 1 aromatic carbocycles. The van der Waals surface area contributed by atoms with Crippen LogP contribution in [0.1, 0.15) is 41.6 Å². The SMILES string of the molecule is CN(Cc1cccc(C(=O)O)c1)C1CCC(F)(F)CC1. The van der Waals surface area contributed by atoms with E-state index in [4.69, 9.17) is 5.11 Å². The van der Waals surface area contributed by atoms with Crippen molar-refractivity contribution in [1.29, 1.82) is 0 Å². The van der Waals surface area contributed by atoms with Gasteiger partial charge < -0.3 is 5.11 Å². The number of carboxylic acid groups (broad SMARTS) is 1. The number of carboxylic acids is 1. The Hall–Kier alpha value is -1.49. The van der Waals surface area contributed by atoms with Crippen LogP contribution in [0.15, 0.2) is 24.3 Å². The Kier molecular flexibility index (Phi) is 4.38. The summed E-state index contributed by atoms with van der Waals surface area (Å²) in [6.07, 6.45) is 0.860. The highest BCUT2D eigenvalue weighted by atomic mass is 19.3. The molecule has 20 heavy (non-hydrogen) atoms. The maximum atomic E-state index is 13.1. The first-order chi connectivity index (χ1) is 9.37. The summed E-state index contributed by atoms with van der Waals surface area (Å²) in [5.74, 6) is -3.47. The summed E-state index contributed by atoms with van der Waals surface area (Å²) in [6.45, 7) is 0.581. The third kappa shape index (κ3) is 3.76. The average molecular weight is 283 g/mol. The van der Waals surface area contributed by atoms with Crippen molar-refractivity contribution in [3.63, 3.8) is 0 Å². The van der Waals surface area contributed by atoms with Crippen LogP contribution in [0.5, 0.6) is 0 Å². The molecule has 0 saturated heterocycles. The van der Waals surface area contributed by atoms with Crippen LogP contribution in [0.2, 0.25) is 0 Å². The molecule has 5 heteroatoms. The fourth-order valence-electron chi connectivity index (χ4n) is 2.69. The smallest absolute Gasteiger partial charge is 0.335 e. The first-order valence-corrected chi connectivity index (χ1v) is 6.78. The van der Waals surface area contributed by atoms with Gasteiger partial charge in [-0.3, -0.25) is 4.90 Å². The van der Waals surface area contributed by atoms with Gasteiger partial charge in [-0.2, -0.15) is 0 Å². The van der Waals surface area contributed by atoms with E-state index < -0.39 is 11.9 Å². The predicted octanol–water partition coefficient (Wildman–Crippen LogP) is 3.39. The molecule has 0 aliphatic heterocycles. The zero-order chi connectivity index (χ0) is 14.8. The van der Waals surface area contributed by atoms with Gasteiger partial charge in [0.25, 0.3) is 0 Å². The number of aromatic carboxylic acids is 1. The molecule has 0 atom stereocenters. The van der Waals surface area contributed by atoms with Crippen LogP contribution in [0.4, 0.5) is 8.78 Å². The van der Waals surface area contributed by atoms with Crippen LogP contribution < -0.4 is 0 Å². The molecule has 1 aliphatic rings. The monoisotopic (exact) mass is 283 g/mol. The normalized spacial score (nSPS) is 19.2. The van der Waals surface area contributed by atoms with Gasteiger partial charge in [-0.15, -0.1) is 0 Å². The van der Waals surface area contributed by atoms with Gasteiger partial charge in [-0.1, -0.05) is 12.1 Å². The van der Waals surface area contributed by atoms with E-state index in [1.165, 1.54) is 0 Å². The van der Waals surface area contributed by atoms with Crippen molar-refractivity contribution in [2.24, 2.45) is 0 Å². The Bertz CT molecular complexity index is 481. The molecule has 0 radical (unpaired) electrons. The van der Waals surface area contributed by atoms with E-state index in [1.54, 1.807) is 18.2 Å². The number of carbonyl (C=O) groups is 1. The Morgan fingerprint density at radius 1 is 1.40 bits per heavy atom. The van der Waals surface area contributed by atoms with Crippen molar-refractivity contribution < 1.29 is 18.7 Å². The Labute approximate surface area is 117 Å². The lowest BCUT2D eigenvalue weighted by Gasteiger charge is -2.34. The molecule has 3 nitrogen and oxygen atoms in total. The molecular formula is C15H19F2NO2. The minimum Gasteiger partial charge on any atom is -0.478 e. The van der Waals surface area contributed by atoms with Crippen molar-refractivity contribution in [3.8, 4) is 0 Å². The average Bonchev–Trinajstić information content (AvgIpc) is 2.38. The molecule has 0 spiro atoms. The third-order valence-electron chi connectivity index (χ3n) is 3.92. The minimum absolute atomic E-state index is 0.0584. The Balaban J connectivity index is 1.96. The molecule has 110 valence electrons. The van der Waals surface area contributed by atoms with Crippen molar-refractivity contribution in [2.45, 2.75) is 44.2 Å². The molecule has 1 saturated carbocycles. The number of rotatable bonds is 4. The highest BCUT2D eigenvalue weighted by molar-refractivity contribution is 5.87. The molecule has 2 rings (SSSR count). The zero-order valence-electron chi connectivity index (χ0n) is 11.5. The summed E-state index contributed by atoms with van der Waals surface area (Å²) in [5.41, 5.74) is 1.15. The first-order valence-electron chi connectivity index (χ1n) is 6.78. The standard InChI is InChI=1S/C15H19F2NO2/c1-18(13-5-7-15(16,17)8-6-13)10-11-3-2-4-12(9-11)14(19)20/h2-4,9,13H,5-8,10H2,1H3,(H,19,20). The van der Waals surface area contributed by atoms with Crippen LogP contribution >= 0.6 is 0 Å². The number of alkyl halides is 2. The maximum absolute atomic E-state index is 13.1. The summed E-state index contributed by atoms with van der Waals surface area (Å²) >= 11 is 0. The summed E-state index contributed by atoms with van der Waals surface area (Å²) in [5, 5.41) is 8.95. The number of halogens is 2. The van der Waals surface area contributed by atoms with Crippen LogP contribution in [0, 0.1) is 0 Å². The third-order valence-corrected chi connectivity index (χ3v) is 3.92. The van der Waals surface area contributed by atoms with Gasteiger partial charge >= 0.3 is 5.97 Å². The van der Waals surface area contributed by atoms with E-state index in [1.807, 2.05) is 18.0 Å². The van der Waals surface area contributed by atoms with Crippen LogP contribution in [0.3, 0.4) is 0 Å². The van der Waals surface area contributed by atoms with Gasteiger partial charge in [0.15, 0.2) is 0 Å². The van der Waals surface area contributed by atoms with E-state index in [0.717, 1.165) is 5.56 Å². The minimum atomic E-state index is -2.51. The maximum Gasteiger partial charge on any atom is 0.335 e. The number of benzene rings is 1. The zero-order valence-corrected chi connectivity index (χ0v) is 11.5. The van der Waals surface area contributed by atoms with E-state index in [9.17, 15) is 13.6 Å². The van der Waals surface area contributed by atoms with Crippen molar-refractivity contribution in [2.75, 3.05) is 7.05 Å². The lowest BCUT2D eigenvalue weighted by Crippen LogP contribution is -2.38. The molecule has 1 N–H and O–H groups in total. The van der Waals surface area contributed by atoms with Crippen LogP contribution in [0.25, 0.3) is 0 Å². The van der Waals surface area contributed by atoms with Crippen molar-refractivity contribution >= 4 is 5.97 Å². The summed E-state index contributed by atoms with van der Waals surface area (Å²) in [6, 6.07) is 6.90. The summed E-state index contributed by atoms with van der Waals surface area (Å²) in [7, 11) is 1.90. The second-order valence-corrected chi connectivity index (χ2v) is 5.51. The second kappa shape index (κ2) is 5.87. The molecule has 1 fully saturated rings. The molecule has 0 heterocycles.